The number of nitriles is 1. The molecule has 74 valence electrons. The van der Waals surface area contributed by atoms with Crippen LogP contribution in [-0.2, 0) is 0 Å². The average molecular weight is 255 g/mol. The molecule has 4 nitrogen and oxygen atoms in total. The number of rotatable bonds is 3. The van der Waals surface area contributed by atoms with Gasteiger partial charge in [0.15, 0.2) is 0 Å². The maximum Gasteiger partial charge on any atom is 0.132 e. The zero-order valence-corrected chi connectivity index (χ0v) is 9.69. The number of anilines is 1. The zero-order chi connectivity index (χ0) is 10.6. The number of hydrogen-bond acceptors (Lipinski definition) is 4. The van der Waals surface area contributed by atoms with Gasteiger partial charge in [0.2, 0.25) is 0 Å². The Balaban J connectivity index is 2.70. The largest absolute Gasteiger partial charge is 0.358 e. The molecule has 1 unspecified atom stereocenters. The SMILES string of the molecule is CC(C#N)CN(C)c1cc(Br)ncn1. The molecule has 0 saturated heterocycles. The van der Waals surface area contributed by atoms with Gasteiger partial charge in [-0.2, -0.15) is 5.26 Å². The summed E-state index contributed by atoms with van der Waals surface area (Å²) in [6, 6.07) is 4.01. The third-order valence-electron chi connectivity index (χ3n) is 1.78. The van der Waals surface area contributed by atoms with E-state index in [0.717, 1.165) is 10.4 Å². The van der Waals surface area contributed by atoms with Gasteiger partial charge in [0.25, 0.3) is 0 Å². The lowest BCUT2D eigenvalue weighted by molar-refractivity contribution is 0.709. The van der Waals surface area contributed by atoms with E-state index < -0.39 is 0 Å². The van der Waals surface area contributed by atoms with Gasteiger partial charge in [-0.15, -0.1) is 0 Å². The van der Waals surface area contributed by atoms with E-state index in [1.165, 1.54) is 6.33 Å². The molecular weight excluding hydrogens is 244 g/mol. The number of nitrogens with zero attached hydrogens (tertiary/aromatic N) is 4. The molecule has 0 spiro atoms. The monoisotopic (exact) mass is 254 g/mol. The standard InChI is InChI=1S/C9H11BrN4/c1-7(4-11)5-14(2)9-3-8(10)12-6-13-9/h3,6-7H,5H2,1-2H3. The highest BCUT2D eigenvalue weighted by Gasteiger charge is 2.07. The number of hydrogen-bond donors (Lipinski definition) is 0. The second kappa shape index (κ2) is 4.91. The van der Waals surface area contributed by atoms with Crippen LogP contribution in [0.15, 0.2) is 17.0 Å². The van der Waals surface area contributed by atoms with Crippen molar-refractivity contribution in [1.82, 2.24) is 9.97 Å². The molecule has 0 bridgehead atoms. The van der Waals surface area contributed by atoms with Crippen molar-refractivity contribution < 1.29 is 0 Å². The van der Waals surface area contributed by atoms with E-state index in [-0.39, 0.29) is 5.92 Å². The molecule has 14 heavy (non-hydrogen) atoms. The fourth-order valence-electron chi connectivity index (χ4n) is 1.08. The lowest BCUT2D eigenvalue weighted by atomic mass is 10.2. The second-order valence-electron chi connectivity index (χ2n) is 3.11. The minimum Gasteiger partial charge on any atom is -0.358 e. The first-order chi connectivity index (χ1) is 6.63. The molecule has 1 heterocycles. The molecular formula is C9H11BrN4. The summed E-state index contributed by atoms with van der Waals surface area (Å²) in [7, 11) is 1.91. The third-order valence-corrected chi connectivity index (χ3v) is 2.21. The Morgan fingerprint density at radius 1 is 1.64 bits per heavy atom. The predicted octanol–water partition coefficient (Wildman–Crippen LogP) is 1.83. The van der Waals surface area contributed by atoms with Crippen LogP contribution in [0, 0.1) is 17.2 Å². The van der Waals surface area contributed by atoms with Crippen LogP contribution in [0.4, 0.5) is 5.82 Å². The molecule has 0 amide bonds. The summed E-state index contributed by atoms with van der Waals surface area (Å²) in [5.74, 6) is 0.808. The molecule has 0 aromatic carbocycles. The first-order valence-corrected chi connectivity index (χ1v) is 5.01. The van der Waals surface area contributed by atoms with Crippen molar-refractivity contribution in [2.45, 2.75) is 6.92 Å². The summed E-state index contributed by atoms with van der Waals surface area (Å²) in [5.41, 5.74) is 0. The second-order valence-corrected chi connectivity index (χ2v) is 3.92. The van der Waals surface area contributed by atoms with Gasteiger partial charge < -0.3 is 4.90 Å². The zero-order valence-electron chi connectivity index (χ0n) is 8.11. The van der Waals surface area contributed by atoms with Crippen LogP contribution in [0.1, 0.15) is 6.92 Å². The van der Waals surface area contributed by atoms with Crippen LogP contribution >= 0.6 is 15.9 Å². The van der Waals surface area contributed by atoms with Gasteiger partial charge in [0, 0.05) is 19.7 Å². The van der Waals surface area contributed by atoms with Crippen LogP contribution in [0.2, 0.25) is 0 Å². The first-order valence-electron chi connectivity index (χ1n) is 4.21. The van der Waals surface area contributed by atoms with Crippen LogP contribution in [-0.4, -0.2) is 23.6 Å². The van der Waals surface area contributed by atoms with Crippen LogP contribution in [0.25, 0.3) is 0 Å². The maximum atomic E-state index is 8.67. The van der Waals surface area contributed by atoms with Crippen LogP contribution in [0.5, 0.6) is 0 Å². The first kappa shape index (κ1) is 10.9. The van der Waals surface area contributed by atoms with E-state index in [9.17, 15) is 0 Å². The van der Waals surface area contributed by atoms with E-state index in [1.807, 2.05) is 24.9 Å². The van der Waals surface area contributed by atoms with E-state index in [0.29, 0.717) is 6.54 Å². The van der Waals surface area contributed by atoms with Gasteiger partial charge in [0.05, 0.1) is 12.0 Å². The third kappa shape index (κ3) is 2.96. The summed E-state index contributed by atoms with van der Waals surface area (Å²) < 4.78 is 0.749. The van der Waals surface area contributed by atoms with E-state index in [1.54, 1.807) is 0 Å². The Hall–Kier alpha value is -1.15. The summed E-state index contributed by atoms with van der Waals surface area (Å²) >= 11 is 3.27. The van der Waals surface area contributed by atoms with E-state index >= 15 is 0 Å². The molecule has 5 heteroatoms. The fraction of sp³-hybridized carbons (Fsp3) is 0.444. The minimum atomic E-state index is -0.00580. The van der Waals surface area contributed by atoms with Gasteiger partial charge in [-0.25, -0.2) is 9.97 Å². The van der Waals surface area contributed by atoms with Gasteiger partial charge >= 0.3 is 0 Å². The quantitative estimate of drug-likeness (QED) is 0.773. The van der Waals surface area contributed by atoms with Gasteiger partial charge in [-0.05, 0) is 22.9 Å². The molecule has 0 fully saturated rings. The topological polar surface area (TPSA) is 52.8 Å². The average Bonchev–Trinajstić information content (AvgIpc) is 2.17. The molecule has 1 rings (SSSR count). The molecule has 0 saturated carbocycles. The van der Waals surface area contributed by atoms with Crippen molar-refractivity contribution >= 4 is 21.7 Å². The predicted molar refractivity (Wildman–Crippen MR) is 57.8 cm³/mol. The van der Waals surface area contributed by atoms with Gasteiger partial charge in [0.1, 0.15) is 16.7 Å². The van der Waals surface area contributed by atoms with Crippen molar-refractivity contribution in [3.63, 3.8) is 0 Å². The highest BCUT2D eigenvalue weighted by Crippen LogP contribution is 2.14. The van der Waals surface area contributed by atoms with Crippen molar-refractivity contribution in [2.24, 2.45) is 5.92 Å². The summed E-state index contributed by atoms with van der Waals surface area (Å²) in [4.78, 5) is 9.97. The highest BCUT2D eigenvalue weighted by atomic mass is 79.9. The van der Waals surface area contributed by atoms with Crippen LogP contribution < -0.4 is 4.90 Å². The Kier molecular flexibility index (Phi) is 3.84. The highest BCUT2D eigenvalue weighted by molar-refractivity contribution is 9.10. The van der Waals surface area contributed by atoms with Crippen molar-refractivity contribution in [3.8, 4) is 6.07 Å². The van der Waals surface area contributed by atoms with Crippen molar-refractivity contribution in [2.75, 3.05) is 18.5 Å². The lowest BCUT2D eigenvalue weighted by Crippen LogP contribution is -2.24. The number of halogens is 1. The molecule has 0 aliphatic carbocycles. The van der Waals surface area contributed by atoms with E-state index in [4.69, 9.17) is 5.26 Å². The Morgan fingerprint density at radius 3 is 2.93 bits per heavy atom. The molecule has 0 aliphatic rings. The summed E-state index contributed by atoms with van der Waals surface area (Å²) in [6.07, 6.45) is 1.49. The normalized spacial score (nSPS) is 11.9. The van der Waals surface area contributed by atoms with E-state index in [2.05, 4.69) is 32.0 Å². The van der Waals surface area contributed by atoms with Gasteiger partial charge in [-0.1, -0.05) is 0 Å². The molecule has 1 atom stereocenters. The lowest BCUT2D eigenvalue weighted by Gasteiger charge is -2.18. The molecule has 0 radical (unpaired) electrons. The molecule has 1 aromatic rings. The Morgan fingerprint density at radius 2 is 2.36 bits per heavy atom. The fourth-order valence-corrected chi connectivity index (χ4v) is 1.37. The maximum absolute atomic E-state index is 8.67. The minimum absolute atomic E-state index is 0.00580. The van der Waals surface area contributed by atoms with Gasteiger partial charge in [-0.3, -0.25) is 0 Å². The smallest absolute Gasteiger partial charge is 0.132 e. The Bertz CT molecular complexity index is 347. The van der Waals surface area contributed by atoms with Crippen molar-refractivity contribution in [3.05, 3.63) is 17.0 Å². The van der Waals surface area contributed by atoms with Crippen molar-refractivity contribution in [1.29, 1.82) is 5.26 Å². The Labute approximate surface area is 91.7 Å². The summed E-state index contributed by atoms with van der Waals surface area (Å²) in [6.45, 7) is 2.55. The molecule has 0 aliphatic heterocycles. The molecule has 0 N–H and O–H groups in total. The molecule has 1 aromatic heterocycles. The van der Waals surface area contributed by atoms with Crippen LogP contribution in [0.3, 0.4) is 0 Å². The number of aromatic nitrogens is 2. The summed E-state index contributed by atoms with van der Waals surface area (Å²) in [5, 5.41) is 8.67.